The minimum absolute atomic E-state index is 0.277. The highest BCUT2D eigenvalue weighted by Gasteiger charge is 2.43. The van der Waals surface area contributed by atoms with Gasteiger partial charge in [-0.05, 0) is 50.4 Å². The van der Waals surface area contributed by atoms with Crippen molar-refractivity contribution in [2.75, 3.05) is 13.2 Å². The lowest BCUT2D eigenvalue weighted by molar-refractivity contribution is -0.0840. The first kappa shape index (κ1) is 12.0. The maximum absolute atomic E-state index is 6.09. The van der Waals surface area contributed by atoms with Crippen molar-refractivity contribution >= 4 is 0 Å². The van der Waals surface area contributed by atoms with Crippen LogP contribution in [0.4, 0.5) is 0 Å². The molecule has 3 fully saturated rings. The van der Waals surface area contributed by atoms with Crippen molar-refractivity contribution in [3.63, 3.8) is 0 Å². The van der Waals surface area contributed by atoms with Crippen molar-refractivity contribution in [2.24, 2.45) is 5.41 Å². The molecule has 0 aromatic carbocycles. The van der Waals surface area contributed by atoms with Gasteiger partial charge in [0, 0.05) is 19.2 Å². The van der Waals surface area contributed by atoms with E-state index in [9.17, 15) is 0 Å². The fourth-order valence-corrected chi connectivity index (χ4v) is 3.76. The molecule has 98 valence electrons. The third-order valence-electron chi connectivity index (χ3n) is 5.48. The van der Waals surface area contributed by atoms with E-state index in [4.69, 9.17) is 4.74 Å². The van der Waals surface area contributed by atoms with Crippen LogP contribution >= 0.6 is 0 Å². The Morgan fingerprint density at radius 3 is 2.59 bits per heavy atom. The Kier molecular flexibility index (Phi) is 3.20. The molecule has 0 aromatic rings. The van der Waals surface area contributed by atoms with Gasteiger partial charge in [0.2, 0.25) is 0 Å². The van der Waals surface area contributed by atoms with Gasteiger partial charge in [-0.1, -0.05) is 19.8 Å². The molecule has 2 nitrogen and oxygen atoms in total. The van der Waals surface area contributed by atoms with Crippen LogP contribution in [0.5, 0.6) is 0 Å². The van der Waals surface area contributed by atoms with Gasteiger partial charge in [-0.2, -0.15) is 0 Å². The fourth-order valence-electron chi connectivity index (χ4n) is 3.76. The predicted molar refractivity (Wildman–Crippen MR) is 70.1 cm³/mol. The van der Waals surface area contributed by atoms with Crippen LogP contribution in [0.3, 0.4) is 0 Å². The molecule has 1 spiro atoms. The van der Waals surface area contributed by atoms with Crippen LogP contribution in [-0.2, 0) is 4.74 Å². The molecule has 2 aliphatic carbocycles. The molecule has 0 aromatic heterocycles. The molecule has 2 saturated carbocycles. The van der Waals surface area contributed by atoms with E-state index >= 15 is 0 Å². The largest absolute Gasteiger partial charge is 0.375 e. The Bertz CT molecular complexity index is 266. The Morgan fingerprint density at radius 1 is 1.18 bits per heavy atom. The second-order valence-electron chi connectivity index (χ2n) is 6.66. The molecule has 1 N–H and O–H groups in total. The molecule has 0 radical (unpaired) electrons. The maximum Gasteiger partial charge on any atom is 0.0697 e. The first-order valence-corrected chi connectivity index (χ1v) is 7.63. The Labute approximate surface area is 105 Å². The molecule has 17 heavy (non-hydrogen) atoms. The fraction of sp³-hybridized carbons (Fsp3) is 1.00. The Hall–Kier alpha value is -0.0800. The number of hydrogen-bond acceptors (Lipinski definition) is 2. The van der Waals surface area contributed by atoms with Crippen LogP contribution in [0.1, 0.15) is 64.7 Å². The number of nitrogens with one attached hydrogen (secondary N) is 1. The zero-order chi connectivity index (χ0) is 11.8. The highest BCUT2D eigenvalue weighted by atomic mass is 16.5. The summed E-state index contributed by atoms with van der Waals surface area (Å²) in [6, 6.07) is 0.728. The van der Waals surface area contributed by atoms with Gasteiger partial charge in [0.15, 0.2) is 0 Å². The van der Waals surface area contributed by atoms with Crippen LogP contribution in [0.15, 0.2) is 0 Å². The zero-order valence-corrected chi connectivity index (χ0v) is 11.3. The summed E-state index contributed by atoms with van der Waals surface area (Å²) >= 11 is 0. The number of rotatable bonds is 4. The van der Waals surface area contributed by atoms with Crippen LogP contribution in [0.2, 0.25) is 0 Å². The van der Waals surface area contributed by atoms with Gasteiger partial charge in [0.1, 0.15) is 0 Å². The SMILES string of the molecule is CCC1(CNC2CCOC3(CCCC3)C2)CC1. The Balaban J connectivity index is 1.50. The minimum Gasteiger partial charge on any atom is -0.375 e. The lowest BCUT2D eigenvalue weighted by Gasteiger charge is -2.39. The third-order valence-corrected chi connectivity index (χ3v) is 5.48. The van der Waals surface area contributed by atoms with Gasteiger partial charge in [-0.15, -0.1) is 0 Å². The van der Waals surface area contributed by atoms with Gasteiger partial charge in [0.05, 0.1) is 5.60 Å². The average Bonchev–Trinajstić information content (AvgIpc) is 3.03. The molecular formula is C15H27NO. The normalized spacial score (nSPS) is 34.1. The van der Waals surface area contributed by atoms with E-state index in [0.29, 0.717) is 5.41 Å². The molecule has 2 heteroatoms. The molecule has 0 amide bonds. The Morgan fingerprint density at radius 2 is 1.94 bits per heavy atom. The van der Waals surface area contributed by atoms with Gasteiger partial charge in [-0.3, -0.25) is 0 Å². The maximum atomic E-state index is 6.09. The summed E-state index contributed by atoms with van der Waals surface area (Å²) in [6.07, 6.45) is 12.1. The summed E-state index contributed by atoms with van der Waals surface area (Å²) in [6.45, 7) is 4.58. The van der Waals surface area contributed by atoms with Crippen molar-refractivity contribution in [1.29, 1.82) is 0 Å². The molecule has 1 aliphatic heterocycles. The van der Waals surface area contributed by atoms with E-state index in [0.717, 1.165) is 12.6 Å². The summed E-state index contributed by atoms with van der Waals surface area (Å²) < 4.78 is 6.09. The third kappa shape index (κ3) is 2.53. The van der Waals surface area contributed by atoms with Gasteiger partial charge in [0.25, 0.3) is 0 Å². The molecule has 1 heterocycles. The monoisotopic (exact) mass is 237 g/mol. The summed E-state index contributed by atoms with van der Waals surface area (Å²) in [4.78, 5) is 0. The molecule has 1 saturated heterocycles. The molecule has 1 atom stereocenters. The molecular weight excluding hydrogens is 210 g/mol. The summed E-state index contributed by atoms with van der Waals surface area (Å²) in [5.41, 5.74) is 0.958. The van der Waals surface area contributed by atoms with Crippen LogP contribution < -0.4 is 5.32 Å². The lowest BCUT2D eigenvalue weighted by Crippen LogP contribution is -2.46. The van der Waals surface area contributed by atoms with E-state index in [1.54, 1.807) is 0 Å². The topological polar surface area (TPSA) is 21.3 Å². The highest BCUT2D eigenvalue weighted by Crippen LogP contribution is 2.48. The van der Waals surface area contributed by atoms with E-state index in [2.05, 4.69) is 12.2 Å². The van der Waals surface area contributed by atoms with Crippen molar-refractivity contribution in [3.05, 3.63) is 0 Å². The van der Waals surface area contributed by atoms with E-state index in [1.165, 1.54) is 64.3 Å². The second-order valence-corrected chi connectivity index (χ2v) is 6.66. The first-order valence-electron chi connectivity index (χ1n) is 7.63. The lowest BCUT2D eigenvalue weighted by atomic mass is 9.88. The summed E-state index contributed by atoms with van der Waals surface area (Å²) in [5, 5.41) is 3.85. The van der Waals surface area contributed by atoms with Crippen molar-refractivity contribution in [3.8, 4) is 0 Å². The molecule has 3 aliphatic rings. The van der Waals surface area contributed by atoms with Crippen LogP contribution in [0, 0.1) is 5.41 Å². The smallest absolute Gasteiger partial charge is 0.0697 e. The molecule has 3 rings (SSSR count). The van der Waals surface area contributed by atoms with Crippen molar-refractivity contribution < 1.29 is 4.74 Å². The van der Waals surface area contributed by atoms with E-state index < -0.39 is 0 Å². The van der Waals surface area contributed by atoms with Gasteiger partial charge >= 0.3 is 0 Å². The number of ether oxygens (including phenoxy) is 1. The first-order chi connectivity index (χ1) is 8.26. The molecule has 1 unspecified atom stereocenters. The van der Waals surface area contributed by atoms with E-state index in [1.807, 2.05) is 0 Å². The van der Waals surface area contributed by atoms with Gasteiger partial charge in [-0.25, -0.2) is 0 Å². The summed E-state index contributed by atoms with van der Waals surface area (Å²) in [5.74, 6) is 0. The number of hydrogen-bond donors (Lipinski definition) is 1. The zero-order valence-electron chi connectivity index (χ0n) is 11.3. The average molecular weight is 237 g/mol. The minimum atomic E-state index is 0.277. The molecule has 0 bridgehead atoms. The van der Waals surface area contributed by atoms with Crippen LogP contribution in [0.25, 0.3) is 0 Å². The van der Waals surface area contributed by atoms with Crippen molar-refractivity contribution in [1.82, 2.24) is 5.32 Å². The van der Waals surface area contributed by atoms with Crippen molar-refractivity contribution in [2.45, 2.75) is 76.4 Å². The van der Waals surface area contributed by atoms with Gasteiger partial charge < -0.3 is 10.1 Å². The van der Waals surface area contributed by atoms with Crippen LogP contribution in [-0.4, -0.2) is 24.8 Å². The predicted octanol–water partition coefficient (Wildman–Crippen LogP) is 3.26. The highest BCUT2D eigenvalue weighted by molar-refractivity contribution is 4.97. The van der Waals surface area contributed by atoms with E-state index in [-0.39, 0.29) is 5.60 Å². The second kappa shape index (κ2) is 4.55. The summed E-state index contributed by atoms with van der Waals surface area (Å²) in [7, 11) is 0. The quantitative estimate of drug-likeness (QED) is 0.810. The standard InChI is InChI=1S/C15H27NO/c1-2-14(8-9-14)12-16-13-5-10-17-15(11-13)6-3-4-7-15/h13,16H,2-12H2,1H3.